The summed E-state index contributed by atoms with van der Waals surface area (Å²) in [7, 11) is 1.72. The van der Waals surface area contributed by atoms with E-state index in [1.807, 2.05) is 0 Å². The van der Waals surface area contributed by atoms with Crippen molar-refractivity contribution in [2.75, 3.05) is 0 Å². The van der Waals surface area contributed by atoms with Crippen molar-refractivity contribution in [3.8, 4) is 0 Å². The molecule has 2 rings (SSSR count). The van der Waals surface area contributed by atoms with Crippen LogP contribution < -0.4 is 5.43 Å². The molecule has 0 fully saturated rings. The van der Waals surface area contributed by atoms with Gasteiger partial charge in [-0.15, -0.1) is 11.3 Å². The Morgan fingerprint density at radius 3 is 2.93 bits per heavy atom. The fraction of sp³-hybridized carbons (Fsp3) is 0.111. The van der Waals surface area contributed by atoms with Gasteiger partial charge in [0.15, 0.2) is 0 Å². The molecule has 0 bridgehead atoms. The zero-order chi connectivity index (χ0) is 10.3. The molecule has 2 heterocycles. The van der Waals surface area contributed by atoms with Crippen molar-refractivity contribution < 1.29 is 9.90 Å². The maximum Gasteiger partial charge on any atom is 0.341 e. The summed E-state index contributed by atoms with van der Waals surface area (Å²) in [5, 5.41) is 10.6. The van der Waals surface area contributed by atoms with Gasteiger partial charge in [-0.25, -0.2) is 4.79 Å². The molecule has 0 aliphatic carbocycles. The van der Waals surface area contributed by atoms with Crippen molar-refractivity contribution in [1.29, 1.82) is 0 Å². The van der Waals surface area contributed by atoms with E-state index >= 15 is 0 Å². The second-order valence-corrected chi connectivity index (χ2v) is 3.84. The van der Waals surface area contributed by atoms with Crippen LogP contribution in [0.25, 0.3) is 10.2 Å². The minimum absolute atomic E-state index is 0.178. The molecule has 0 saturated carbocycles. The van der Waals surface area contributed by atoms with Gasteiger partial charge in [0.2, 0.25) is 5.43 Å². The number of fused-ring (bicyclic) bond motifs is 1. The molecule has 72 valence electrons. The van der Waals surface area contributed by atoms with Crippen molar-refractivity contribution in [3.63, 3.8) is 0 Å². The van der Waals surface area contributed by atoms with Crippen molar-refractivity contribution in [2.24, 2.45) is 7.05 Å². The molecule has 0 saturated heterocycles. The van der Waals surface area contributed by atoms with Gasteiger partial charge in [0, 0.05) is 13.2 Å². The summed E-state index contributed by atoms with van der Waals surface area (Å²) >= 11 is 1.26. The van der Waals surface area contributed by atoms with E-state index in [1.165, 1.54) is 17.5 Å². The van der Waals surface area contributed by atoms with E-state index in [-0.39, 0.29) is 5.56 Å². The van der Waals surface area contributed by atoms with Gasteiger partial charge in [0.1, 0.15) is 5.56 Å². The largest absolute Gasteiger partial charge is 0.477 e. The maximum atomic E-state index is 11.6. The second kappa shape index (κ2) is 2.95. The molecule has 0 amide bonds. The zero-order valence-electron chi connectivity index (χ0n) is 7.35. The Morgan fingerprint density at radius 1 is 1.57 bits per heavy atom. The number of aryl methyl sites for hydroxylation is 1. The smallest absolute Gasteiger partial charge is 0.341 e. The third-order valence-electron chi connectivity index (χ3n) is 2.03. The molecule has 0 spiro atoms. The Kier molecular flexibility index (Phi) is 1.89. The molecule has 0 aromatic carbocycles. The topological polar surface area (TPSA) is 59.3 Å². The first-order valence-corrected chi connectivity index (χ1v) is 4.79. The molecule has 0 unspecified atom stereocenters. The fourth-order valence-corrected chi connectivity index (χ4v) is 2.23. The number of rotatable bonds is 1. The predicted molar refractivity (Wildman–Crippen MR) is 54.0 cm³/mol. The SMILES string of the molecule is Cn1cc(C(=O)O)c(=O)c2sccc21. The third kappa shape index (κ3) is 1.13. The monoisotopic (exact) mass is 209 g/mol. The molecule has 14 heavy (non-hydrogen) atoms. The van der Waals surface area contributed by atoms with Gasteiger partial charge in [-0.3, -0.25) is 4.79 Å². The van der Waals surface area contributed by atoms with Gasteiger partial charge in [-0.05, 0) is 11.4 Å². The predicted octanol–water partition coefficient (Wildman–Crippen LogP) is 1.30. The minimum Gasteiger partial charge on any atom is -0.477 e. The van der Waals surface area contributed by atoms with E-state index in [1.54, 1.807) is 23.1 Å². The number of carboxylic acids is 1. The number of aromatic carboxylic acids is 1. The second-order valence-electron chi connectivity index (χ2n) is 2.92. The molecule has 0 aliphatic heterocycles. The molecule has 1 N–H and O–H groups in total. The highest BCUT2D eigenvalue weighted by Crippen LogP contribution is 2.16. The molecule has 0 atom stereocenters. The van der Waals surface area contributed by atoms with Gasteiger partial charge in [-0.2, -0.15) is 0 Å². The highest BCUT2D eigenvalue weighted by Gasteiger charge is 2.13. The lowest BCUT2D eigenvalue weighted by atomic mass is 10.2. The van der Waals surface area contributed by atoms with Crippen LogP contribution in [0.5, 0.6) is 0 Å². The molecule has 0 aliphatic rings. The number of nitrogens with zero attached hydrogens (tertiary/aromatic N) is 1. The van der Waals surface area contributed by atoms with E-state index in [9.17, 15) is 9.59 Å². The van der Waals surface area contributed by atoms with Crippen LogP contribution in [0.2, 0.25) is 0 Å². The number of hydrogen-bond acceptors (Lipinski definition) is 3. The molecule has 0 radical (unpaired) electrons. The van der Waals surface area contributed by atoms with E-state index in [0.29, 0.717) is 4.70 Å². The summed E-state index contributed by atoms with van der Waals surface area (Å²) in [6.45, 7) is 0. The van der Waals surface area contributed by atoms with Crippen LogP contribution >= 0.6 is 11.3 Å². The molecule has 2 aromatic heterocycles. The highest BCUT2D eigenvalue weighted by atomic mass is 32.1. The highest BCUT2D eigenvalue weighted by molar-refractivity contribution is 7.17. The van der Waals surface area contributed by atoms with Gasteiger partial charge in [-0.1, -0.05) is 0 Å². The number of carbonyl (C=O) groups is 1. The van der Waals surface area contributed by atoms with Crippen LogP contribution in [0.4, 0.5) is 0 Å². The normalized spacial score (nSPS) is 10.6. The number of aromatic nitrogens is 1. The minimum atomic E-state index is -1.18. The summed E-state index contributed by atoms with van der Waals surface area (Å²) in [6, 6.07) is 1.80. The Balaban J connectivity index is 2.96. The number of thiophene rings is 1. The van der Waals surface area contributed by atoms with Gasteiger partial charge >= 0.3 is 5.97 Å². The Labute approximate surface area is 83.0 Å². The summed E-state index contributed by atoms with van der Waals surface area (Å²) in [4.78, 5) is 22.3. The van der Waals surface area contributed by atoms with Gasteiger partial charge in [0.05, 0.1) is 10.2 Å². The van der Waals surface area contributed by atoms with Gasteiger partial charge < -0.3 is 9.67 Å². The standard InChI is InChI=1S/C9H7NO3S/c1-10-4-5(9(12)13)7(11)8-6(10)2-3-14-8/h2-4H,1H3,(H,12,13). The first-order valence-electron chi connectivity index (χ1n) is 3.91. The average molecular weight is 209 g/mol. The Bertz CT molecular complexity index is 567. The molecular formula is C9H7NO3S. The van der Waals surface area contributed by atoms with Crippen LogP contribution in [0.1, 0.15) is 10.4 Å². The summed E-state index contributed by atoms with van der Waals surface area (Å²) in [5.41, 5.74) is 0.188. The molecule has 5 heteroatoms. The van der Waals surface area contributed by atoms with Crippen LogP contribution in [0.15, 0.2) is 22.4 Å². The van der Waals surface area contributed by atoms with Crippen LogP contribution in [-0.2, 0) is 7.05 Å². The lowest BCUT2D eigenvalue weighted by Gasteiger charge is -2.01. The fourth-order valence-electron chi connectivity index (χ4n) is 1.35. The van der Waals surface area contributed by atoms with E-state index < -0.39 is 11.4 Å². The van der Waals surface area contributed by atoms with E-state index in [4.69, 9.17) is 5.11 Å². The van der Waals surface area contributed by atoms with Crippen molar-refractivity contribution in [2.45, 2.75) is 0 Å². The molecule has 2 aromatic rings. The summed E-state index contributed by atoms with van der Waals surface area (Å²) in [5.74, 6) is -1.18. The first-order chi connectivity index (χ1) is 6.61. The lowest BCUT2D eigenvalue weighted by Crippen LogP contribution is -2.16. The number of pyridine rings is 1. The Hall–Kier alpha value is -1.62. The van der Waals surface area contributed by atoms with Gasteiger partial charge in [0.25, 0.3) is 0 Å². The van der Waals surface area contributed by atoms with E-state index in [0.717, 1.165) is 5.52 Å². The quantitative estimate of drug-likeness (QED) is 0.770. The van der Waals surface area contributed by atoms with Crippen LogP contribution in [0.3, 0.4) is 0 Å². The van der Waals surface area contributed by atoms with Crippen molar-refractivity contribution >= 4 is 27.5 Å². The Morgan fingerprint density at radius 2 is 2.29 bits per heavy atom. The third-order valence-corrected chi connectivity index (χ3v) is 2.93. The summed E-state index contributed by atoms with van der Waals surface area (Å²) in [6.07, 6.45) is 1.35. The number of carboxylic acid groups (broad SMARTS) is 1. The van der Waals surface area contributed by atoms with Crippen molar-refractivity contribution in [3.05, 3.63) is 33.4 Å². The van der Waals surface area contributed by atoms with E-state index in [2.05, 4.69) is 0 Å². The zero-order valence-corrected chi connectivity index (χ0v) is 8.17. The van der Waals surface area contributed by atoms with Crippen LogP contribution in [0, 0.1) is 0 Å². The summed E-state index contributed by atoms with van der Waals surface area (Å²) < 4.78 is 2.14. The molecule has 4 nitrogen and oxygen atoms in total. The average Bonchev–Trinajstić information content (AvgIpc) is 2.59. The number of hydrogen-bond donors (Lipinski definition) is 1. The van der Waals surface area contributed by atoms with Crippen LogP contribution in [-0.4, -0.2) is 15.6 Å². The van der Waals surface area contributed by atoms with Crippen molar-refractivity contribution in [1.82, 2.24) is 4.57 Å². The maximum absolute atomic E-state index is 11.6. The lowest BCUT2D eigenvalue weighted by molar-refractivity contribution is 0.0695. The molecular weight excluding hydrogens is 202 g/mol. The first kappa shape index (κ1) is 8.96.